The second-order valence-corrected chi connectivity index (χ2v) is 9.72. The first-order valence-electron chi connectivity index (χ1n) is 11.4. The highest BCUT2D eigenvalue weighted by molar-refractivity contribution is 7.11. The number of amides is 3. The number of nitrogens with one attached hydrogen (secondary N) is 1. The van der Waals surface area contributed by atoms with E-state index >= 15 is 0 Å². The van der Waals surface area contributed by atoms with E-state index in [-0.39, 0.29) is 18.5 Å². The SMILES string of the molecule is CCCN(CC(=O)N(Cc1ccccc1)Cc1ccc(C)s1)C(=O)Nc1cccc(C)c1C. The number of urea groups is 1. The largest absolute Gasteiger partial charge is 0.332 e. The van der Waals surface area contributed by atoms with Crippen molar-refractivity contribution in [3.63, 3.8) is 0 Å². The van der Waals surface area contributed by atoms with Gasteiger partial charge in [0.15, 0.2) is 0 Å². The van der Waals surface area contributed by atoms with Crippen LogP contribution in [0.4, 0.5) is 10.5 Å². The fraction of sp³-hybridized carbons (Fsp3) is 0.333. The molecule has 2 aromatic carbocycles. The summed E-state index contributed by atoms with van der Waals surface area (Å²) in [4.78, 5) is 32.3. The molecule has 0 atom stereocenters. The van der Waals surface area contributed by atoms with Gasteiger partial charge in [0.1, 0.15) is 6.54 Å². The molecule has 3 amide bonds. The van der Waals surface area contributed by atoms with Crippen LogP contribution in [0.25, 0.3) is 0 Å². The van der Waals surface area contributed by atoms with Gasteiger partial charge in [-0.2, -0.15) is 0 Å². The zero-order valence-electron chi connectivity index (χ0n) is 19.9. The normalized spacial score (nSPS) is 10.7. The average Bonchev–Trinajstić information content (AvgIpc) is 3.21. The Hall–Kier alpha value is -3.12. The van der Waals surface area contributed by atoms with Gasteiger partial charge in [-0.15, -0.1) is 11.3 Å². The Balaban J connectivity index is 1.76. The van der Waals surface area contributed by atoms with E-state index in [1.165, 1.54) is 4.88 Å². The summed E-state index contributed by atoms with van der Waals surface area (Å²) in [5.41, 5.74) is 4.00. The predicted octanol–water partition coefficient (Wildman–Crippen LogP) is 6.15. The molecule has 3 aromatic rings. The first-order valence-corrected chi connectivity index (χ1v) is 12.2. The molecule has 0 spiro atoms. The summed E-state index contributed by atoms with van der Waals surface area (Å²) in [6, 6.07) is 19.7. The van der Waals surface area contributed by atoms with Gasteiger partial charge in [0.2, 0.25) is 5.91 Å². The second-order valence-electron chi connectivity index (χ2n) is 8.35. The summed E-state index contributed by atoms with van der Waals surface area (Å²) in [6.45, 7) is 9.69. The lowest BCUT2D eigenvalue weighted by molar-refractivity contribution is -0.133. The second kappa shape index (κ2) is 11.7. The Morgan fingerprint density at radius 1 is 0.879 bits per heavy atom. The number of aryl methyl sites for hydroxylation is 2. The van der Waals surface area contributed by atoms with E-state index in [0.717, 1.165) is 33.7 Å². The highest BCUT2D eigenvalue weighted by atomic mass is 32.1. The van der Waals surface area contributed by atoms with Crippen molar-refractivity contribution in [2.45, 2.75) is 47.2 Å². The minimum atomic E-state index is -0.245. The van der Waals surface area contributed by atoms with Crippen LogP contribution in [0.5, 0.6) is 0 Å². The van der Waals surface area contributed by atoms with E-state index in [9.17, 15) is 9.59 Å². The number of rotatable bonds is 9. The van der Waals surface area contributed by atoms with Gasteiger partial charge in [0, 0.05) is 28.5 Å². The Morgan fingerprint density at radius 3 is 2.30 bits per heavy atom. The van der Waals surface area contributed by atoms with E-state index in [0.29, 0.717) is 19.6 Å². The Kier molecular flexibility index (Phi) is 8.66. The van der Waals surface area contributed by atoms with Crippen molar-refractivity contribution in [1.82, 2.24) is 9.80 Å². The van der Waals surface area contributed by atoms with Gasteiger partial charge in [-0.1, -0.05) is 49.4 Å². The van der Waals surface area contributed by atoms with Crippen LogP contribution in [0.15, 0.2) is 60.7 Å². The molecule has 0 aliphatic heterocycles. The first kappa shape index (κ1) is 24.5. The van der Waals surface area contributed by atoms with E-state index in [1.54, 1.807) is 16.2 Å². The number of thiophene rings is 1. The van der Waals surface area contributed by atoms with Crippen LogP contribution in [0.2, 0.25) is 0 Å². The molecular formula is C27H33N3O2S. The van der Waals surface area contributed by atoms with Crippen LogP contribution < -0.4 is 5.32 Å². The van der Waals surface area contributed by atoms with Crippen LogP contribution in [0.3, 0.4) is 0 Å². The van der Waals surface area contributed by atoms with Crippen molar-refractivity contribution in [3.05, 3.63) is 87.1 Å². The molecule has 1 heterocycles. The van der Waals surface area contributed by atoms with Gasteiger partial charge >= 0.3 is 6.03 Å². The van der Waals surface area contributed by atoms with Crippen molar-refractivity contribution in [2.24, 2.45) is 0 Å². The molecule has 5 nitrogen and oxygen atoms in total. The third kappa shape index (κ3) is 6.93. The van der Waals surface area contributed by atoms with Crippen LogP contribution >= 0.6 is 11.3 Å². The Labute approximate surface area is 201 Å². The molecule has 1 N–H and O–H groups in total. The maximum Gasteiger partial charge on any atom is 0.322 e. The minimum absolute atomic E-state index is 0.0434. The summed E-state index contributed by atoms with van der Waals surface area (Å²) < 4.78 is 0. The van der Waals surface area contributed by atoms with Crippen molar-refractivity contribution >= 4 is 29.0 Å². The molecule has 3 rings (SSSR count). The third-order valence-electron chi connectivity index (χ3n) is 5.66. The van der Waals surface area contributed by atoms with E-state index in [4.69, 9.17) is 0 Å². The molecule has 174 valence electrons. The lowest BCUT2D eigenvalue weighted by Crippen LogP contribution is -2.44. The lowest BCUT2D eigenvalue weighted by atomic mass is 10.1. The topological polar surface area (TPSA) is 52.7 Å². The molecule has 0 unspecified atom stereocenters. The van der Waals surface area contributed by atoms with Crippen LogP contribution in [0.1, 0.15) is 39.8 Å². The fourth-order valence-electron chi connectivity index (χ4n) is 3.66. The zero-order chi connectivity index (χ0) is 23.8. The Bertz CT molecular complexity index is 1080. The first-order chi connectivity index (χ1) is 15.9. The number of nitrogens with zero attached hydrogens (tertiary/aromatic N) is 2. The lowest BCUT2D eigenvalue weighted by Gasteiger charge is -2.28. The van der Waals surface area contributed by atoms with Gasteiger partial charge in [-0.05, 0) is 62.1 Å². The number of hydrogen-bond acceptors (Lipinski definition) is 3. The standard InChI is InChI=1S/C27H33N3O2S/c1-5-16-29(27(32)28-25-13-9-10-20(2)22(25)4)19-26(31)30(17-23-11-7-6-8-12-23)18-24-15-14-21(3)33-24/h6-15H,5,16-19H2,1-4H3,(H,28,32). The van der Waals surface area contributed by atoms with Crippen molar-refractivity contribution in [1.29, 1.82) is 0 Å². The van der Waals surface area contributed by atoms with Gasteiger partial charge in [0.05, 0.1) is 6.54 Å². The average molecular weight is 464 g/mol. The minimum Gasteiger partial charge on any atom is -0.332 e. The van der Waals surface area contributed by atoms with Gasteiger partial charge < -0.3 is 15.1 Å². The van der Waals surface area contributed by atoms with Crippen LogP contribution in [-0.4, -0.2) is 34.8 Å². The zero-order valence-corrected chi connectivity index (χ0v) is 20.7. The molecule has 0 radical (unpaired) electrons. The maximum atomic E-state index is 13.4. The van der Waals surface area contributed by atoms with E-state index in [1.807, 2.05) is 74.2 Å². The molecule has 6 heteroatoms. The highest BCUT2D eigenvalue weighted by Crippen LogP contribution is 2.20. The number of carbonyl (C=O) groups is 2. The maximum absolute atomic E-state index is 13.4. The van der Waals surface area contributed by atoms with Gasteiger partial charge in [0.25, 0.3) is 0 Å². The fourth-order valence-corrected chi connectivity index (χ4v) is 4.57. The van der Waals surface area contributed by atoms with Crippen LogP contribution in [-0.2, 0) is 17.9 Å². The molecule has 0 bridgehead atoms. The monoisotopic (exact) mass is 463 g/mol. The van der Waals surface area contributed by atoms with E-state index < -0.39 is 0 Å². The molecule has 0 aliphatic rings. The molecular weight excluding hydrogens is 430 g/mol. The molecule has 0 saturated heterocycles. The molecule has 33 heavy (non-hydrogen) atoms. The smallest absolute Gasteiger partial charge is 0.322 e. The third-order valence-corrected chi connectivity index (χ3v) is 6.65. The van der Waals surface area contributed by atoms with Crippen LogP contribution in [0, 0.1) is 20.8 Å². The number of anilines is 1. The van der Waals surface area contributed by atoms with Gasteiger partial charge in [-0.3, -0.25) is 4.79 Å². The van der Waals surface area contributed by atoms with Gasteiger partial charge in [-0.25, -0.2) is 4.79 Å². The van der Waals surface area contributed by atoms with E-state index in [2.05, 4.69) is 24.4 Å². The molecule has 0 aliphatic carbocycles. The Morgan fingerprint density at radius 2 is 1.64 bits per heavy atom. The molecule has 1 aromatic heterocycles. The van der Waals surface area contributed by atoms with Crippen molar-refractivity contribution in [2.75, 3.05) is 18.4 Å². The summed E-state index contributed by atoms with van der Waals surface area (Å²) in [5.74, 6) is -0.0607. The predicted molar refractivity (Wildman–Crippen MR) is 137 cm³/mol. The number of benzene rings is 2. The summed E-state index contributed by atoms with van der Waals surface area (Å²) in [7, 11) is 0. The highest BCUT2D eigenvalue weighted by Gasteiger charge is 2.22. The molecule has 0 saturated carbocycles. The quantitative estimate of drug-likeness (QED) is 0.414. The number of hydrogen-bond donors (Lipinski definition) is 1. The summed E-state index contributed by atoms with van der Waals surface area (Å²) in [5, 5.41) is 3.00. The molecule has 0 fully saturated rings. The van der Waals surface area contributed by atoms with Crippen molar-refractivity contribution in [3.8, 4) is 0 Å². The summed E-state index contributed by atoms with van der Waals surface area (Å²) in [6.07, 6.45) is 0.774. The van der Waals surface area contributed by atoms with Crippen molar-refractivity contribution < 1.29 is 9.59 Å². The summed E-state index contributed by atoms with van der Waals surface area (Å²) >= 11 is 1.70. The number of carbonyl (C=O) groups excluding carboxylic acids is 2.